The SMILES string of the molecule is Cc1ccc(/C=C(\C#N)c2ccc3c(c2)OCO3)cc1[N+](=O)[O-]. The van der Waals surface area contributed by atoms with Crippen LogP contribution in [0.3, 0.4) is 0 Å². The fourth-order valence-corrected chi connectivity index (χ4v) is 2.32. The average Bonchev–Trinajstić information content (AvgIpc) is 3.01. The van der Waals surface area contributed by atoms with Gasteiger partial charge in [0, 0.05) is 11.6 Å². The number of hydrogen-bond acceptors (Lipinski definition) is 5. The highest BCUT2D eigenvalue weighted by Crippen LogP contribution is 2.35. The Morgan fingerprint density at radius 2 is 2.04 bits per heavy atom. The molecule has 0 saturated carbocycles. The normalized spacial score (nSPS) is 12.8. The monoisotopic (exact) mass is 308 g/mol. The second-order valence-electron chi connectivity index (χ2n) is 5.04. The van der Waals surface area contributed by atoms with Crippen molar-refractivity contribution < 1.29 is 14.4 Å². The molecular weight excluding hydrogens is 296 g/mol. The summed E-state index contributed by atoms with van der Waals surface area (Å²) in [6, 6.07) is 12.2. The molecule has 0 amide bonds. The number of aryl methyl sites for hydroxylation is 1. The Labute approximate surface area is 132 Å². The lowest BCUT2D eigenvalue weighted by Gasteiger charge is -2.03. The fourth-order valence-electron chi connectivity index (χ4n) is 2.32. The summed E-state index contributed by atoms with van der Waals surface area (Å²) in [5, 5.41) is 20.4. The standard InChI is InChI=1S/C17H12N2O4/c1-11-2-3-12(7-15(11)19(20)21)6-14(9-18)13-4-5-16-17(8-13)23-10-22-16/h2-8H,10H2,1H3/b14-6+. The number of ether oxygens (including phenoxy) is 2. The number of nitriles is 1. The largest absolute Gasteiger partial charge is 0.454 e. The van der Waals surface area contributed by atoms with E-state index in [2.05, 4.69) is 6.07 Å². The molecule has 1 aliphatic heterocycles. The van der Waals surface area contributed by atoms with Crippen molar-refractivity contribution >= 4 is 17.3 Å². The van der Waals surface area contributed by atoms with Gasteiger partial charge in [-0.1, -0.05) is 12.1 Å². The maximum absolute atomic E-state index is 11.0. The van der Waals surface area contributed by atoms with E-state index in [9.17, 15) is 15.4 Å². The summed E-state index contributed by atoms with van der Waals surface area (Å²) >= 11 is 0. The van der Waals surface area contributed by atoms with Crippen LogP contribution in [0.15, 0.2) is 36.4 Å². The molecule has 1 heterocycles. The molecule has 6 heteroatoms. The van der Waals surface area contributed by atoms with Crippen molar-refractivity contribution in [3.8, 4) is 17.6 Å². The van der Waals surface area contributed by atoms with Gasteiger partial charge in [0.1, 0.15) is 0 Å². The lowest BCUT2D eigenvalue weighted by Crippen LogP contribution is -1.93. The van der Waals surface area contributed by atoms with Crippen molar-refractivity contribution in [3.63, 3.8) is 0 Å². The molecule has 2 aromatic carbocycles. The zero-order valence-corrected chi connectivity index (χ0v) is 12.3. The summed E-state index contributed by atoms with van der Waals surface area (Å²) in [4.78, 5) is 10.6. The van der Waals surface area contributed by atoms with Gasteiger partial charge >= 0.3 is 0 Å². The van der Waals surface area contributed by atoms with E-state index < -0.39 is 4.92 Å². The van der Waals surface area contributed by atoms with Crippen LogP contribution in [0.5, 0.6) is 11.5 Å². The van der Waals surface area contributed by atoms with E-state index in [0.717, 1.165) is 0 Å². The van der Waals surface area contributed by atoms with E-state index in [1.165, 1.54) is 6.07 Å². The van der Waals surface area contributed by atoms with Crippen LogP contribution in [-0.4, -0.2) is 11.7 Å². The Morgan fingerprint density at radius 3 is 2.78 bits per heavy atom. The first kappa shape index (κ1) is 14.6. The van der Waals surface area contributed by atoms with E-state index in [4.69, 9.17) is 9.47 Å². The number of fused-ring (bicyclic) bond motifs is 1. The predicted octanol–water partition coefficient (Wildman–Crippen LogP) is 3.70. The Morgan fingerprint density at radius 1 is 1.26 bits per heavy atom. The molecule has 23 heavy (non-hydrogen) atoms. The van der Waals surface area contributed by atoms with Gasteiger partial charge in [-0.2, -0.15) is 5.26 Å². The number of nitro groups is 1. The third kappa shape index (κ3) is 2.85. The van der Waals surface area contributed by atoms with Crippen LogP contribution in [0.2, 0.25) is 0 Å². The van der Waals surface area contributed by atoms with Crippen molar-refractivity contribution in [2.24, 2.45) is 0 Å². The van der Waals surface area contributed by atoms with E-state index in [1.807, 2.05) is 0 Å². The van der Waals surface area contributed by atoms with Gasteiger partial charge in [0.25, 0.3) is 5.69 Å². The quantitative estimate of drug-likeness (QED) is 0.373. The molecule has 0 spiro atoms. The van der Waals surface area contributed by atoms with Crippen LogP contribution in [0.25, 0.3) is 11.6 Å². The molecule has 1 aliphatic rings. The molecule has 0 radical (unpaired) electrons. The topological polar surface area (TPSA) is 85.4 Å². The molecule has 3 rings (SSSR count). The van der Waals surface area contributed by atoms with Gasteiger partial charge in [0.15, 0.2) is 11.5 Å². The number of allylic oxidation sites excluding steroid dienone is 1. The summed E-state index contributed by atoms with van der Waals surface area (Å²) in [5.41, 5.74) is 2.26. The van der Waals surface area contributed by atoms with Crippen LogP contribution in [0, 0.1) is 28.4 Å². The molecule has 0 unspecified atom stereocenters. The molecule has 0 aromatic heterocycles. The molecule has 0 fully saturated rings. The number of hydrogen-bond donors (Lipinski definition) is 0. The third-order valence-corrected chi connectivity index (χ3v) is 3.54. The predicted molar refractivity (Wildman–Crippen MR) is 83.9 cm³/mol. The zero-order valence-electron chi connectivity index (χ0n) is 12.3. The Bertz CT molecular complexity index is 865. The maximum Gasteiger partial charge on any atom is 0.272 e. The first-order valence-electron chi connectivity index (χ1n) is 6.85. The highest BCUT2D eigenvalue weighted by molar-refractivity contribution is 5.90. The molecule has 0 bridgehead atoms. The van der Waals surface area contributed by atoms with Gasteiger partial charge in [-0.05, 0) is 42.3 Å². The van der Waals surface area contributed by atoms with E-state index in [1.54, 1.807) is 43.3 Å². The third-order valence-electron chi connectivity index (χ3n) is 3.54. The van der Waals surface area contributed by atoms with Crippen LogP contribution < -0.4 is 9.47 Å². The smallest absolute Gasteiger partial charge is 0.272 e. The molecular formula is C17H12N2O4. The first-order chi connectivity index (χ1) is 11.1. The van der Waals surface area contributed by atoms with Crippen molar-refractivity contribution in [1.29, 1.82) is 5.26 Å². The minimum absolute atomic E-state index is 0.0294. The molecule has 0 aliphatic carbocycles. The van der Waals surface area contributed by atoms with Gasteiger partial charge < -0.3 is 9.47 Å². The number of benzene rings is 2. The van der Waals surface area contributed by atoms with E-state index in [-0.39, 0.29) is 12.5 Å². The Hall–Kier alpha value is -3.33. The molecule has 0 atom stereocenters. The highest BCUT2D eigenvalue weighted by Gasteiger charge is 2.15. The van der Waals surface area contributed by atoms with Crippen molar-refractivity contribution in [1.82, 2.24) is 0 Å². The summed E-state index contributed by atoms with van der Waals surface area (Å²) in [6.07, 6.45) is 1.62. The Kier molecular flexibility index (Phi) is 3.69. The van der Waals surface area contributed by atoms with Crippen molar-refractivity contribution in [2.45, 2.75) is 6.92 Å². The molecule has 2 aromatic rings. The van der Waals surface area contributed by atoms with Crippen molar-refractivity contribution in [2.75, 3.05) is 6.79 Å². The lowest BCUT2D eigenvalue weighted by atomic mass is 10.0. The molecule has 0 saturated heterocycles. The summed E-state index contributed by atoms with van der Waals surface area (Å²) < 4.78 is 10.5. The van der Waals surface area contributed by atoms with Gasteiger partial charge in [-0.25, -0.2) is 0 Å². The van der Waals surface area contributed by atoms with E-state index >= 15 is 0 Å². The summed E-state index contributed by atoms with van der Waals surface area (Å²) in [5.74, 6) is 1.22. The van der Waals surface area contributed by atoms with Gasteiger partial charge in [-0.3, -0.25) is 10.1 Å². The highest BCUT2D eigenvalue weighted by atomic mass is 16.7. The summed E-state index contributed by atoms with van der Waals surface area (Å²) in [7, 11) is 0. The average molecular weight is 308 g/mol. The fraction of sp³-hybridized carbons (Fsp3) is 0.118. The second-order valence-corrected chi connectivity index (χ2v) is 5.04. The first-order valence-corrected chi connectivity index (χ1v) is 6.85. The number of rotatable bonds is 3. The molecule has 6 nitrogen and oxygen atoms in total. The molecule has 114 valence electrons. The minimum atomic E-state index is -0.431. The van der Waals surface area contributed by atoms with Crippen LogP contribution in [0.4, 0.5) is 5.69 Å². The zero-order chi connectivity index (χ0) is 16.4. The van der Waals surface area contributed by atoms with E-state index in [0.29, 0.717) is 33.8 Å². The van der Waals surface area contributed by atoms with Crippen LogP contribution >= 0.6 is 0 Å². The second kappa shape index (κ2) is 5.81. The van der Waals surface area contributed by atoms with Crippen LogP contribution in [0.1, 0.15) is 16.7 Å². The molecule has 0 N–H and O–H groups in total. The minimum Gasteiger partial charge on any atom is -0.454 e. The van der Waals surface area contributed by atoms with Crippen molar-refractivity contribution in [3.05, 3.63) is 63.2 Å². The maximum atomic E-state index is 11.0. The lowest BCUT2D eigenvalue weighted by molar-refractivity contribution is -0.385. The van der Waals surface area contributed by atoms with Gasteiger partial charge in [0.05, 0.1) is 16.6 Å². The number of nitro benzene ring substituents is 1. The summed E-state index contributed by atoms with van der Waals surface area (Å²) in [6.45, 7) is 1.84. The van der Waals surface area contributed by atoms with Gasteiger partial charge in [0.2, 0.25) is 6.79 Å². The Balaban J connectivity index is 2.01. The van der Waals surface area contributed by atoms with Crippen LogP contribution in [-0.2, 0) is 0 Å². The van der Waals surface area contributed by atoms with Gasteiger partial charge in [-0.15, -0.1) is 0 Å². The number of nitrogens with zero attached hydrogens (tertiary/aromatic N) is 2.